The van der Waals surface area contributed by atoms with Crippen molar-refractivity contribution in [2.45, 2.75) is 26.2 Å². The van der Waals surface area contributed by atoms with Crippen LogP contribution in [0.4, 0.5) is 0 Å². The maximum absolute atomic E-state index is 9.78. The zero-order valence-electron chi connectivity index (χ0n) is 13.3. The number of rotatable bonds is 3. The van der Waals surface area contributed by atoms with Gasteiger partial charge in [-0.05, 0) is 24.3 Å². The zero-order chi connectivity index (χ0) is 16.7. The first-order valence-electron chi connectivity index (χ1n) is 7.11. The Morgan fingerprint density at radius 1 is 0.500 bits per heavy atom. The Kier molecular flexibility index (Phi) is 4.01. The van der Waals surface area contributed by atoms with Crippen LogP contribution in [-0.2, 0) is 0 Å². The monoisotopic (exact) mass is 334 g/mol. The topological polar surface area (TPSA) is 80.9 Å². The molecule has 6 heteroatoms. The minimum absolute atomic E-state index is 0.0548. The second kappa shape index (κ2) is 5.37. The number of hydrogen-bond donors (Lipinski definition) is 4. The number of benzene rings is 2. The van der Waals surface area contributed by atoms with Crippen LogP contribution < -0.4 is 10.4 Å². The Hall–Kier alpha value is -1.93. The van der Waals surface area contributed by atoms with Crippen molar-refractivity contribution in [3.8, 4) is 23.0 Å². The molecule has 0 aliphatic rings. The molecule has 0 unspecified atom stereocenters. The molecule has 118 valence electrons. The lowest BCUT2D eigenvalue weighted by molar-refractivity contribution is 0.450. The lowest BCUT2D eigenvalue weighted by atomic mass is 10.3. The summed E-state index contributed by atoms with van der Waals surface area (Å²) in [6.07, 6.45) is 0. The van der Waals surface area contributed by atoms with Crippen molar-refractivity contribution >= 4 is 25.6 Å². The Bertz CT molecular complexity index is 609. The minimum Gasteiger partial charge on any atom is -0.508 e. The largest absolute Gasteiger partial charge is 0.508 e. The van der Waals surface area contributed by atoms with Gasteiger partial charge in [-0.1, -0.05) is 36.6 Å². The van der Waals surface area contributed by atoms with Gasteiger partial charge in [-0.15, -0.1) is 0 Å². The molecule has 22 heavy (non-hydrogen) atoms. The van der Waals surface area contributed by atoms with E-state index in [0.29, 0.717) is 0 Å². The van der Waals surface area contributed by atoms with Crippen LogP contribution >= 0.6 is 0 Å². The highest BCUT2D eigenvalue weighted by Gasteiger charge is 2.44. The lowest BCUT2D eigenvalue weighted by Gasteiger charge is -2.39. The normalized spacial score (nSPS) is 12.4. The van der Waals surface area contributed by atoms with Gasteiger partial charge in [0.05, 0.1) is 15.2 Å². The van der Waals surface area contributed by atoms with Crippen LogP contribution in [0.25, 0.3) is 0 Å². The van der Waals surface area contributed by atoms with Crippen LogP contribution in [0, 0.1) is 0 Å². The fraction of sp³-hybridized carbons (Fsp3) is 0.250. The first-order chi connectivity index (χ1) is 10.0. The van der Waals surface area contributed by atoms with Crippen molar-refractivity contribution in [2.24, 2.45) is 0 Å². The number of phenolic OH excluding ortho intramolecular Hbond substituents is 4. The Morgan fingerprint density at radius 3 is 0.955 bits per heavy atom. The van der Waals surface area contributed by atoms with Gasteiger partial charge >= 0.3 is 0 Å². The van der Waals surface area contributed by atoms with E-state index in [1.807, 2.05) is 0 Å². The number of phenols is 4. The van der Waals surface area contributed by atoms with E-state index < -0.39 is 15.2 Å². The molecule has 4 N–H and O–H groups in total. The number of aromatic hydroxyl groups is 4. The van der Waals surface area contributed by atoms with Crippen LogP contribution in [0.1, 0.15) is 0 Å². The van der Waals surface area contributed by atoms with Crippen LogP contribution in [0.5, 0.6) is 23.0 Å². The average molecular weight is 335 g/mol. The van der Waals surface area contributed by atoms with Gasteiger partial charge in [0, 0.05) is 12.1 Å². The third kappa shape index (κ3) is 2.84. The van der Waals surface area contributed by atoms with Crippen molar-refractivity contribution < 1.29 is 20.4 Å². The highest BCUT2D eigenvalue weighted by atomic mass is 29.3. The first kappa shape index (κ1) is 16.4. The molecule has 0 radical (unpaired) electrons. The van der Waals surface area contributed by atoms with E-state index in [0.717, 1.165) is 10.4 Å². The van der Waals surface area contributed by atoms with Crippen molar-refractivity contribution in [1.82, 2.24) is 0 Å². The van der Waals surface area contributed by atoms with Gasteiger partial charge in [-0.3, -0.25) is 0 Å². The van der Waals surface area contributed by atoms with E-state index in [9.17, 15) is 20.4 Å². The molecule has 0 heterocycles. The minimum atomic E-state index is -2.06. The van der Waals surface area contributed by atoms with Gasteiger partial charge < -0.3 is 20.4 Å². The summed E-state index contributed by atoms with van der Waals surface area (Å²) >= 11 is 0. The summed E-state index contributed by atoms with van der Waals surface area (Å²) in [5.74, 6) is 0.219. The SMILES string of the molecule is C[Si](C)(c1cc(O)cc(O)c1)[Si](C)(C)c1cc(O)cc(O)c1. The summed E-state index contributed by atoms with van der Waals surface area (Å²) in [4.78, 5) is 0. The molecule has 0 aromatic heterocycles. The third-order valence-corrected chi connectivity index (χ3v) is 22.5. The summed E-state index contributed by atoms with van der Waals surface area (Å²) in [5.41, 5.74) is 0. The Morgan fingerprint density at radius 2 is 0.727 bits per heavy atom. The summed E-state index contributed by atoms with van der Waals surface area (Å²) in [5, 5.41) is 41.0. The van der Waals surface area contributed by atoms with Gasteiger partial charge in [0.2, 0.25) is 0 Å². The van der Waals surface area contributed by atoms with E-state index in [4.69, 9.17) is 0 Å². The van der Waals surface area contributed by atoms with Crippen LogP contribution in [0.15, 0.2) is 36.4 Å². The zero-order valence-corrected chi connectivity index (χ0v) is 15.3. The second-order valence-electron chi connectivity index (χ2n) is 6.73. The summed E-state index contributed by atoms with van der Waals surface area (Å²) in [6, 6.07) is 9.49. The summed E-state index contributed by atoms with van der Waals surface area (Å²) in [6.45, 7) is 8.76. The predicted octanol–water partition coefficient (Wildman–Crippen LogP) is 2.12. The highest BCUT2D eigenvalue weighted by Crippen LogP contribution is 2.26. The molecule has 0 aliphatic carbocycles. The van der Waals surface area contributed by atoms with Gasteiger partial charge in [-0.25, -0.2) is 0 Å². The molecule has 0 bridgehead atoms. The maximum atomic E-state index is 9.78. The molecule has 4 nitrogen and oxygen atoms in total. The molecule has 0 fully saturated rings. The van der Waals surface area contributed by atoms with Gasteiger partial charge in [0.25, 0.3) is 0 Å². The molecule has 0 aliphatic heterocycles. The first-order valence-corrected chi connectivity index (χ1v) is 14.1. The van der Waals surface area contributed by atoms with Crippen LogP contribution in [0.3, 0.4) is 0 Å². The molecule has 0 atom stereocenters. The highest BCUT2D eigenvalue weighted by molar-refractivity contribution is 7.50. The fourth-order valence-electron chi connectivity index (χ4n) is 2.63. The van der Waals surface area contributed by atoms with E-state index in [1.165, 1.54) is 12.1 Å². The van der Waals surface area contributed by atoms with E-state index >= 15 is 0 Å². The Balaban J connectivity index is 2.58. The smallest absolute Gasteiger partial charge is 0.119 e. The van der Waals surface area contributed by atoms with Gasteiger partial charge in [0.15, 0.2) is 0 Å². The molecular weight excluding hydrogens is 312 g/mol. The predicted molar refractivity (Wildman–Crippen MR) is 93.8 cm³/mol. The van der Waals surface area contributed by atoms with Crippen molar-refractivity contribution in [2.75, 3.05) is 0 Å². The molecule has 0 saturated heterocycles. The Labute approximate surface area is 132 Å². The van der Waals surface area contributed by atoms with Gasteiger partial charge in [0.1, 0.15) is 23.0 Å². The van der Waals surface area contributed by atoms with Crippen molar-refractivity contribution in [3.05, 3.63) is 36.4 Å². The third-order valence-electron chi connectivity index (χ3n) is 4.81. The molecule has 0 amide bonds. The summed E-state index contributed by atoms with van der Waals surface area (Å²) in [7, 11) is -4.12. The summed E-state index contributed by atoms with van der Waals surface area (Å²) < 4.78 is 0. The maximum Gasteiger partial charge on any atom is 0.119 e. The molecule has 2 aromatic rings. The average Bonchev–Trinajstić information content (AvgIpc) is 2.36. The van der Waals surface area contributed by atoms with Crippen molar-refractivity contribution in [3.63, 3.8) is 0 Å². The molecule has 2 aromatic carbocycles. The standard InChI is InChI=1S/C16H22O4Si2/c1-21(2,15-7-11(17)5-12(18)8-15)22(3,4)16-9-13(19)6-14(20)10-16/h5-10,17-20H,1-4H3. The van der Waals surface area contributed by atoms with E-state index in [1.54, 1.807) is 24.3 Å². The molecule has 0 saturated carbocycles. The molecular formula is C16H22O4Si2. The second-order valence-corrected chi connectivity index (χ2v) is 21.9. The molecule has 2 rings (SSSR count). The fourth-order valence-corrected chi connectivity index (χ4v) is 11.3. The molecule has 0 spiro atoms. The van der Waals surface area contributed by atoms with Gasteiger partial charge in [-0.2, -0.15) is 0 Å². The quantitative estimate of drug-likeness (QED) is 0.648. The van der Waals surface area contributed by atoms with Crippen molar-refractivity contribution in [1.29, 1.82) is 0 Å². The van der Waals surface area contributed by atoms with E-state index in [2.05, 4.69) is 26.2 Å². The lowest BCUT2D eigenvalue weighted by Crippen LogP contribution is -2.69. The van der Waals surface area contributed by atoms with Crippen LogP contribution in [0.2, 0.25) is 26.2 Å². The van der Waals surface area contributed by atoms with Crippen LogP contribution in [-0.4, -0.2) is 35.6 Å². The van der Waals surface area contributed by atoms with E-state index in [-0.39, 0.29) is 23.0 Å². The number of hydrogen-bond acceptors (Lipinski definition) is 4.